The maximum absolute atomic E-state index is 13.9. The van der Waals surface area contributed by atoms with Gasteiger partial charge in [-0.15, -0.1) is 0 Å². The van der Waals surface area contributed by atoms with E-state index < -0.39 is 30.3 Å². The molecule has 4 fully saturated rings. The van der Waals surface area contributed by atoms with Crippen LogP contribution in [0.3, 0.4) is 0 Å². The van der Waals surface area contributed by atoms with Gasteiger partial charge in [0.25, 0.3) is 0 Å². The first kappa shape index (κ1) is 42.6. The highest BCUT2D eigenvalue weighted by Gasteiger charge is 2.42. The molecule has 0 saturated carbocycles. The largest absolute Gasteiger partial charge is 0.453 e. The molecule has 0 radical (unpaired) electrons. The molecule has 16 nitrogen and oxygen atoms in total. The predicted octanol–water partition coefficient (Wildman–Crippen LogP) is 4.88. The number of H-pyrrole nitrogens is 1. The highest BCUT2D eigenvalue weighted by molar-refractivity contribution is 5.92. The summed E-state index contributed by atoms with van der Waals surface area (Å²) >= 11 is 0. The minimum Gasteiger partial charge on any atom is -0.453 e. The van der Waals surface area contributed by atoms with Crippen LogP contribution in [0.2, 0.25) is 0 Å². The molecule has 7 rings (SSSR count). The van der Waals surface area contributed by atoms with Crippen LogP contribution in [0, 0.1) is 11.8 Å². The maximum atomic E-state index is 13.9. The average Bonchev–Trinajstić information content (AvgIpc) is 4.10. The summed E-state index contributed by atoms with van der Waals surface area (Å²) in [6.45, 7) is 5.08. The van der Waals surface area contributed by atoms with E-state index in [0.717, 1.165) is 40.8 Å². The number of imidazole rings is 1. The van der Waals surface area contributed by atoms with Crippen molar-refractivity contribution in [3.05, 3.63) is 66.1 Å². The number of carbonyl (C=O) groups excluding carboxylic acids is 5. The molecule has 4 saturated heterocycles. The Morgan fingerprint density at radius 3 is 1.75 bits per heavy atom. The number of nitrogens with one attached hydrogen (secondary N) is 4. The fraction of sp³-hybridized carbons (Fsp3) is 0.545. The third-order valence-corrected chi connectivity index (χ3v) is 12.5. The molecule has 5 amide bonds. The fourth-order valence-electron chi connectivity index (χ4n) is 9.06. The molecule has 4 aliphatic rings. The number of amides is 5. The number of carbonyl (C=O) groups is 5. The van der Waals surface area contributed by atoms with Gasteiger partial charge in [0.05, 0.1) is 38.2 Å². The van der Waals surface area contributed by atoms with Gasteiger partial charge < -0.3 is 49.7 Å². The van der Waals surface area contributed by atoms with E-state index >= 15 is 0 Å². The van der Waals surface area contributed by atoms with E-state index in [-0.39, 0.29) is 41.6 Å². The Labute approximate surface area is 350 Å². The van der Waals surface area contributed by atoms with Gasteiger partial charge in [-0.25, -0.2) is 14.6 Å². The highest BCUT2D eigenvalue weighted by atomic mass is 16.5. The van der Waals surface area contributed by atoms with Crippen LogP contribution in [-0.2, 0) is 33.3 Å². The second-order valence-corrected chi connectivity index (χ2v) is 16.1. The van der Waals surface area contributed by atoms with E-state index in [1.54, 1.807) is 11.1 Å². The Hall–Kier alpha value is -5.48. The Morgan fingerprint density at radius 1 is 0.683 bits per heavy atom. The molecule has 5 atom stereocenters. The first-order valence-electron chi connectivity index (χ1n) is 21.2. The molecule has 0 aliphatic carbocycles. The lowest BCUT2D eigenvalue weighted by Gasteiger charge is -2.34. The second-order valence-electron chi connectivity index (χ2n) is 16.1. The van der Waals surface area contributed by atoms with Crippen molar-refractivity contribution in [3.63, 3.8) is 0 Å². The summed E-state index contributed by atoms with van der Waals surface area (Å²) in [7, 11) is 2.57. The van der Waals surface area contributed by atoms with Gasteiger partial charge in [-0.05, 0) is 92.4 Å². The van der Waals surface area contributed by atoms with Crippen LogP contribution in [-0.4, -0.2) is 122 Å². The van der Waals surface area contributed by atoms with E-state index in [4.69, 9.17) is 23.9 Å². The molecule has 1 aromatic heterocycles. The number of likely N-dealkylation sites (tertiary alicyclic amines) is 2. The summed E-state index contributed by atoms with van der Waals surface area (Å²) in [6, 6.07) is 13.6. The van der Waals surface area contributed by atoms with Crippen molar-refractivity contribution in [2.75, 3.05) is 53.7 Å². The van der Waals surface area contributed by atoms with Crippen LogP contribution < -0.4 is 16.0 Å². The minimum absolute atomic E-state index is 0.0368. The summed E-state index contributed by atoms with van der Waals surface area (Å²) < 4.78 is 20.7. The summed E-state index contributed by atoms with van der Waals surface area (Å²) in [6.07, 6.45) is 5.98. The van der Waals surface area contributed by atoms with Crippen LogP contribution in [0.15, 0.2) is 54.7 Å². The summed E-state index contributed by atoms with van der Waals surface area (Å²) in [4.78, 5) is 77.5. The summed E-state index contributed by atoms with van der Waals surface area (Å²) in [5.74, 6) is -0.0421. The maximum Gasteiger partial charge on any atom is 0.407 e. The van der Waals surface area contributed by atoms with E-state index in [0.29, 0.717) is 83.9 Å². The SMILES string of the molecule is COC(=O)N[C@H](C(=O)N1CCC[C@H]1C(=O)N[C@H](C)c1ccc(-c2ccc(-c3cnc([C@@H]4CCCN4C(=O)[C@@H](NC(=O)OC)C4CCOCC4)[nH]3)cc2)cc1)C1CCOCC1. The van der Waals surface area contributed by atoms with Crippen molar-refractivity contribution >= 4 is 29.9 Å². The zero-order chi connectivity index (χ0) is 42.2. The van der Waals surface area contributed by atoms with Crippen LogP contribution >= 0.6 is 0 Å². The van der Waals surface area contributed by atoms with Gasteiger partial charge >= 0.3 is 12.2 Å². The first-order valence-corrected chi connectivity index (χ1v) is 21.2. The number of nitrogens with zero attached hydrogens (tertiary/aromatic N) is 3. The van der Waals surface area contributed by atoms with Gasteiger partial charge in [0.2, 0.25) is 17.7 Å². The van der Waals surface area contributed by atoms with Crippen LogP contribution in [0.4, 0.5) is 9.59 Å². The number of hydrogen-bond acceptors (Lipinski definition) is 10. The van der Waals surface area contributed by atoms with Crippen molar-refractivity contribution in [3.8, 4) is 22.4 Å². The average molecular weight is 828 g/mol. The number of ether oxygens (including phenoxy) is 4. The van der Waals surface area contributed by atoms with Gasteiger partial charge in [-0.2, -0.15) is 0 Å². The molecule has 3 aromatic rings. The molecule has 0 unspecified atom stereocenters. The molecular formula is C44H57N7O9. The molecule has 2 aromatic carbocycles. The zero-order valence-corrected chi connectivity index (χ0v) is 34.7. The standard InChI is InChI=1S/C44H57N7O9/c1-27(46-40(52)36-7-5-21-51(36)42(54)38(49-44(56)58-3)33-18-24-60-25-19-33)28-8-10-29(11-9-28)30-12-14-31(15-13-30)34-26-45-39(47-34)35-6-4-20-50(35)41(53)37(48-43(55)57-2)32-16-22-59-23-17-32/h8-15,26-27,32-33,35-38H,4-7,16-25H2,1-3H3,(H,45,47)(H,46,52)(H,48,55)(H,49,56)/t27-,35+,36+,37+,38+/m1/s1. The van der Waals surface area contributed by atoms with Gasteiger partial charge in [0, 0.05) is 39.5 Å². The molecule has 5 heterocycles. The number of alkyl carbamates (subject to hydrolysis) is 2. The van der Waals surface area contributed by atoms with Crippen molar-refractivity contribution < 1.29 is 42.9 Å². The number of benzene rings is 2. The van der Waals surface area contributed by atoms with Gasteiger partial charge in [-0.3, -0.25) is 14.4 Å². The third kappa shape index (κ3) is 9.76. The van der Waals surface area contributed by atoms with E-state index in [1.165, 1.54) is 14.2 Å². The van der Waals surface area contributed by atoms with Crippen LogP contribution in [0.25, 0.3) is 22.4 Å². The van der Waals surface area contributed by atoms with Crippen molar-refractivity contribution in [1.29, 1.82) is 0 Å². The third-order valence-electron chi connectivity index (χ3n) is 12.5. The van der Waals surface area contributed by atoms with Gasteiger partial charge in [0.1, 0.15) is 23.9 Å². The van der Waals surface area contributed by atoms with Crippen molar-refractivity contribution in [1.82, 2.24) is 35.7 Å². The lowest BCUT2D eigenvalue weighted by atomic mass is 9.90. The van der Waals surface area contributed by atoms with Gasteiger partial charge in [0.15, 0.2) is 0 Å². The second kappa shape index (κ2) is 19.7. The molecule has 0 bridgehead atoms. The Balaban J connectivity index is 0.960. The molecule has 0 spiro atoms. The Kier molecular flexibility index (Phi) is 14.0. The molecule has 4 aliphatic heterocycles. The quantitative estimate of drug-likeness (QED) is 0.196. The monoisotopic (exact) mass is 827 g/mol. The highest BCUT2D eigenvalue weighted by Crippen LogP contribution is 2.34. The van der Waals surface area contributed by atoms with Crippen LogP contribution in [0.1, 0.15) is 81.8 Å². The number of aromatic amines is 1. The number of methoxy groups -OCH3 is 2. The topological polar surface area (TPSA) is 194 Å². The molecular weight excluding hydrogens is 771 g/mol. The zero-order valence-electron chi connectivity index (χ0n) is 34.7. The smallest absolute Gasteiger partial charge is 0.407 e. The first-order chi connectivity index (χ1) is 29.1. The van der Waals surface area contributed by atoms with E-state index in [9.17, 15) is 24.0 Å². The lowest BCUT2D eigenvalue weighted by molar-refractivity contribution is -0.141. The normalized spacial score (nSPS) is 21.4. The predicted molar refractivity (Wildman–Crippen MR) is 220 cm³/mol. The summed E-state index contributed by atoms with van der Waals surface area (Å²) in [5.41, 5.74) is 4.75. The number of rotatable bonds is 12. The van der Waals surface area contributed by atoms with Gasteiger partial charge in [-0.1, -0.05) is 48.5 Å². The van der Waals surface area contributed by atoms with E-state index in [2.05, 4.69) is 20.9 Å². The number of hydrogen-bond donors (Lipinski definition) is 4. The lowest BCUT2D eigenvalue weighted by Crippen LogP contribution is -2.56. The van der Waals surface area contributed by atoms with Crippen molar-refractivity contribution in [2.45, 2.75) is 88.5 Å². The summed E-state index contributed by atoms with van der Waals surface area (Å²) in [5, 5.41) is 8.65. The molecule has 4 N–H and O–H groups in total. The Bertz CT molecular complexity index is 1960. The Morgan fingerprint density at radius 2 is 1.18 bits per heavy atom. The number of aromatic nitrogens is 2. The van der Waals surface area contributed by atoms with E-state index in [1.807, 2.05) is 60.4 Å². The molecule has 60 heavy (non-hydrogen) atoms. The molecule has 16 heteroatoms. The molecule has 322 valence electrons. The van der Waals surface area contributed by atoms with Crippen LogP contribution in [0.5, 0.6) is 0 Å². The minimum atomic E-state index is -0.786. The fourth-order valence-corrected chi connectivity index (χ4v) is 9.06. The van der Waals surface area contributed by atoms with Crippen molar-refractivity contribution in [2.24, 2.45) is 11.8 Å².